The van der Waals surface area contributed by atoms with E-state index in [1.807, 2.05) is 19.9 Å². The number of pyridine rings is 1. The normalized spacial score (nSPS) is 14.0. The molecule has 2 heterocycles. The fourth-order valence-electron chi connectivity index (χ4n) is 3.48. The molecule has 9 heteroatoms. The van der Waals surface area contributed by atoms with Crippen molar-refractivity contribution in [1.82, 2.24) is 14.5 Å². The first kappa shape index (κ1) is 22.1. The molecule has 3 rings (SSSR count). The SMILES string of the molecule is CC(C)c1ccccc1C(OCCO)(c1nccn1Cc1ccccn1)S(=O)(=O)O. The molecule has 0 fully saturated rings. The molecular formula is C21H25N3O5S. The number of aliphatic hydroxyl groups is 1. The van der Waals surface area contributed by atoms with Crippen molar-refractivity contribution in [2.24, 2.45) is 0 Å². The van der Waals surface area contributed by atoms with Gasteiger partial charge in [0.15, 0.2) is 5.82 Å². The monoisotopic (exact) mass is 431 g/mol. The maximum Gasteiger partial charge on any atom is 0.307 e. The highest BCUT2D eigenvalue weighted by atomic mass is 32.2. The third-order valence-corrected chi connectivity index (χ3v) is 6.01. The van der Waals surface area contributed by atoms with Gasteiger partial charge >= 0.3 is 10.1 Å². The summed E-state index contributed by atoms with van der Waals surface area (Å²) in [5, 5.41) is 9.38. The Balaban J connectivity index is 2.28. The first-order valence-electron chi connectivity index (χ1n) is 9.54. The standard InChI is InChI=1S/C21H25N3O5S/c1-16(2)18-8-3-4-9-19(18)21(29-14-13-25,30(26,27)28)20-23-11-12-24(20)15-17-7-5-6-10-22-17/h3-12,16,25H,13-15H2,1-2H3,(H,26,27,28). The van der Waals surface area contributed by atoms with Crippen LogP contribution in [-0.4, -0.2) is 45.8 Å². The van der Waals surface area contributed by atoms with E-state index in [1.54, 1.807) is 53.4 Å². The fraction of sp³-hybridized carbons (Fsp3) is 0.333. The Kier molecular flexibility index (Phi) is 6.67. The van der Waals surface area contributed by atoms with Gasteiger partial charge in [0.2, 0.25) is 0 Å². The van der Waals surface area contributed by atoms with Crippen LogP contribution in [0.2, 0.25) is 0 Å². The van der Waals surface area contributed by atoms with Crippen LogP contribution < -0.4 is 0 Å². The molecule has 2 aromatic heterocycles. The molecule has 0 aliphatic rings. The highest BCUT2D eigenvalue weighted by Crippen LogP contribution is 2.41. The highest BCUT2D eigenvalue weighted by molar-refractivity contribution is 7.86. The van der Waals surface area contributed by atoms with Crippen molar-refractivity contribution in [1.29, 1.82) is 0 Å². The minimum Gasteiger partial charge on any atom is -0.394 e. The van der Waals surface area contributed by atoms with E-state index < -0.39 is 21.7 Å². The molecule has 0 saturated carbocycles. The minimum atomic E-state index is -4.88. The van der Waals surface area contributed by atoms with Crippen molar-refractivity contribution >= 4 is 10.1 Å². The molecule has 1 unspecified atom stereocenters. The Morgan fingerprint density at radius 2 is 1.83 bits per heavy atom. The molecule has 0 spiro atoms. The number of aliphatic hydroxyl groups excluding tert-OH is 1. The van der Waals surface area contributed by atoms with E-state index in [0.29, 0.717) is 11.3 Å². The van der Waals surface area contributed by atoms with Crippen LogP contribution in [-0.2, 0) is 26.3 Å². The molecule has 0 amide bonds. The zero-order valence-electron chi connectivity index (χ0n) is 16.8. The van der Waals surface area contributed by atoms with E-state index in [4.69, 9.17) is 4.74 Å². The molecule has 8 nitrogen and oxygen atoms in total. The van der Waals surface area contributed by atoms with E-state index in [2.05, 4.69) is 9.97 Å². The second-order valence-electron chi connectivity index (χ2n) is 7.11. The number of imidazole rings is 1. The van der Waals surface area contributed by atoms with Gasteiger partial charge < -0.3 is 14.4 Å². The highest BCUT2D eigenvalue weighted by Gasteiger charge is 2.52. The maximum atomic E-state index is 12.9. The zero-order chi connectivity index (χ0) is 21.8. The van der Waals surface area contributed by atoms with E-state index in [-0.39, 0.29) is 30.5 Å². The number of benzene rings is 1. The number of hydrogen-bond acceptors (Lipinski definition) is 6. The van der Waals surface area contributed by atoms with Crippen LogP contribution in [0.4, 0.5) is 0 Å². The quantitative estimate of drug-likeness (QED) is 0.500. The van der Waals surface area contributed by atoms with Gasteiger partial charge in [0, 0.05) is 24.2 Å². The van der Waals surface area contributed by atoms with E-state index in [9.17, 15) is 18.1 Å². The van der Waals surface area contributed by atoms with Gasteiger partial charge in [0.1, 0.15) is 0 Å². The Bertz CT molecular complexity index is 1080. The summed E-state index contributed by atoms with van der Waals surface area (Å²) in [6.45, 7) is 3.31. The lowest BCUT2D eigenvalue weighted by Crippen LogP contribution is -2.44. The van der Waals surface area contributed by atoms with Gasteiger partial charge in [-0.2, -0.15) is 8.42 Å². The molecule has 0 aliphatic heterocycles. The van der Waals surface area contributed by atoms with Gasteiger partial charge in [-0.1, -0.05) is 44.2 Å². The Labute approximate surface area is 175 Å². The zero-order valence-corrected chi connectivity index (χ0v) is 17.7. The van der Waals surface area contributed by atoms with Crippen molar-refractivity contribution in [2.45, 2.75) is 31.2 Å². The molecule has 0 radical (unpaired) electrons. The molecule has 3 aromatic rings. The molecule has 0 bridgehead atoms. The number of ether oxygens (including phenoxy) is 1. The lowest BCUT2D eigenvalue weighted by atomic mass is 9.93. The van der Waals surface area contributed by atoms with Crippen LogP contribution in [0.25, 0.3) is 0 Å². The number of rotatable bonds is 9. The van der Waals surface area contributed by atoms with Crippen LogP contribution in [0, 0.1) is 0 Å². The van der Waals surface area contributed by atoms with Gasteiger partial charge in [0.05, 0.1) is 25.5 Å². The summed E-state index contributed by atoms with van der Waals surface area (Å²) in [7, 11) is -4.88. The molecule has 0 aliphatic carbocycles. The van der Waals surface area contributed by atoms with Gasteiger partial charge in [-0.05, 0) is 23.6 Å². The lowest BCUT2D eigenvalue weighted by molar-refractivity contribution is 0.00797. The van der Waals surface area contributed by atoms with Crippen LogP contribution >= 0.6 is 0 Å². The van der Waals surface area contributed by atoms with E-state index >= 15 is 0 Å². The number of aromatic nitrogens is 3. The predicted octanol–water partition coefficient (Wildman–Crippen LogP) is 2.55. The Morgan fingerprint density at radius 3 is 2.47 bits per heavy atom. The average Bonchev–Trinajstić information content (AvgIpc) is 3.17. The molecular weight excluding hydrogens is 406 g/mol. The molecule has 2 N–H and O–H groups in total. The van der Waals surface area contributed by atoms with Crippen molar-refractivity contribution in [3.05, 3.63) is 83.7 Å². The number of nitrogens with zero attached hydrogens (tertiary/aromatic N) is 3. The van der Waals surface area contributed by atoms with E-state index in [1.165, 1.54) is 6.20 Å². The summed E-state index contributed by atoms with van der Waals surface area (Å²) in [5.41, 5.74) is 1.62. The van der Waals surface area contributed by atoms with Crippen molar-refractivity contribution in [3.63, 3.8) is 0 Å². The van der Waals surface area contributed by atoms with Gasteiger partial charge in [-0.15, -0.1) is 0 Å². The van der Waals surface area contributed by atoms with Gasteiger partial charge in [-0.25, -0.2) is 4.98 Å². The number of hydrogen-bond donors (Lipinski definition) is 2. The summed E-state index contributed by atoms with van der Waals surface area (Å²) in [6.07, 6.45) is 4.68. The molecule has 1 atom stereocenters. The third-order valence-electron chi connectivity index (χ3n) is 4.77. The summed E-state index contributed by atoms with van der Waals surface area (Å²) >= 11 is 0. The van der Waals surface area contributed by atoms with Crippen molar-refractivity contribution in [3.8, 4) is 0 Å². The first-order chi connectivity index (χ1) is 14.3. The average molecular weight is 432 g/mol. The third kappa shape index (κ3) is 4.15. The summed E-state index contributed by atoms with van der Waals surface area (Å²) in [5.74, 6) is -0.0727. The smallest absolute Gasteiger partial charge is 0.307 e. The summed E-state index contributed by atoms with van der Waals surface area (Å²) in [4.78, 5) is 6.24. The molecule has 1 aromatic carbocycles. The predicted molar refractivity (Wildman–Crippen MR) is 111 cm³/mol. The second kappa shape index (κ2) is 9.05. The van der Waals surface area contributed by atoms with Crippen LogP contribution in [0.15, 0.2) is 61.1 Å². The second-order valence-corrected chi connectivity index (χ2v) is 8.63. The summed E-state index contributed by atoms with van der Waals surface area (Å²) in [6, 6.07) is 12.3. The van der Waals surface area contributed by atoms with Gasteiger partial charge in [-0.3, -0.25) is 9.54 Å². The van der Waals surface area contributed by atoms with Crippen molar-refractivity contribution in [2.75, 3.05) is 13.2 Å². The van der Waals surface area contributed by atoms with Crippen LogP contribution in [0.3, 0.4) is 0 Å². The largest absolute Gasteiger partial charge is 0.394 e. The molecule has 0 saturated heterocycles. The van der Waals surface area contributed by atoms with Crippen molar-refractivity contribution < 1.29 is 22.8 Å². The van der Waals surface area contributed by atoms with Crippen LogP contribution in [0.5, 0.6) is 0 Å². The molecule has 160 valence electrons. The maximum absolute atomic E-state index is 12.9. The van der Waals surface area contributed by atoms with E-state index in [0.717, 1.165) is 0 Å². The Morgan fingerprint density at radius 1 is 1.10 bits per heavy atom. The topological polar surface area (TPSA) is 115 Å². The first-order valence-corrected chi connectivity index (χ1v) is 11.0. The minimum absolute atomic E-state index is 0.0165. The molecule has 30 heavy (non-hydrogen) atoms. The lowest BCUT2D eigenvalue weighted by Gasteiger charge is -2.33. The van der Waals surface area contributed by atoms with Gasteiger partial charge in [0.25, 0.3) is 4.93 Å². The Hall–Kier alpha value is -2.59. The fourth-order valence-corrected chi connectivity index (χ4v) is 4.57. The summed E-state index contributed by atoms with van der Waals surface area (Å²) < 4.78 is 43.6. The van der Waals surface area contributed by atoms with Crippen LogP contribution in [0.1, 0.15) is 42.4 Å².